The summed E-state index contributed by atoms with van der Waals surface area (Å²) in [6.45, 7) is 1.88. The monoisotopic (exact) mass is 268 g/mol. The van der Waals surface area contributed by atoms with Gasteiger partial charge >= 0.3 is 5.97 Å². The molecular formula is C10H8N2O3S2. The third-order valence-corrected chi connectivity index (χ3v) is 3.50. The van der Waals surface area contributed by atoms with Crippen LogP contribution in [0.3, 0.4) is 0 Å². The van der Waals surface area contributed by atoms with Crippen molar-refractivity contribution in [2.75, 3.05) is 0 Å². The van der Waals surface area contributed by atoms with Crippen LogP contribution in [0.1, 0.15) is 10.8 Å². The highest BCUT2D eigenvalue weighted by Gasteiger charge is 2.06. The molecule has 0 fully saturated rings. The largest absolute Gasteiger partial charge is 0.478 e. The lowest BCUT2D eigenvalue weighted by Gasteiger charge is -1.89. The molecule has 5 nitrogen and oxygen atoms in total. The summed E-state index contributed by atoms with van der Waals surface area (Å²) in [7, 11) is 0. The zero-order valence-corrected chi connectivity index (χ0v) is 10.4. The highest BCUT2D eigenvalue weighted by Crippen LogP contribution is 2.31. The molecule has 2 aromatic heterocycles. The smallest absolute Gasteiger partial charge is 0.328 e. The van der Waals surface area contributed by atoms with Gasteiger partial charge in [0, 0.05) is 6.08 Å². The predicted octanol–water partition coefficient (Wildman–Crippen LogP) is 2.69. The van der Waals surface area contributed by atoms with Gasteiger partial charge in [-0.1, -0.05) is 11.3 Å². The number of hydrogen-bond donors (Lipinski definition) is 1. The van der Waals surface area contributed by atoms with Crippen LogP contribution in [0.2, 0.25) is 0 Å². The highest BCUT2D eigenvalue weighted by atomic mass is 32.2. The maximum atomic E-state index is 10.3. The van der Waals surface area contributed by atoms with Crippen LogP contribution in [-0.2, 0) is 4.79 Å². The molecule has 88 valence electrons. The first-order valence-electron chi connectivity index (χ1n) is 4.62. The lowest BCUT2D eigenvalue weighted by molar-refractivity contribution is -0.131. The number of hydrogen-bond acceptors (Lipinski definition) is 6. The second-order valence-electron chi connectivity index (χ2n) is 3.02. The van der Waals surface area contributed by atoms with Crippen LogP contribution in [0.15, 0.2) is 32.1 Å². The summed E-state index contributed by atoms with van der Waals surface area (Å²) >= 11 is 2.84. The Morgan fingerprint density at radius 3 is 3.00 bits per heavy atom. The molecule has 0 saturated heterocycles. The number of carboxylic acid groups (broad SMARTS) is 1. The normalized spacial score (nSPS) is 11.1. The van der Waals surface area contributed by atoms with Crippen molar-refractivity contribution in [2.24, 2.45) is 0 Å². The van der Waals surface area contributed by atoms with Gasteiger partial charge in [-0.3, -0.25) is 0 Å². The van der Waals surface area contributed by atoms with Gasteiger partial charge in [-0.25, -0.2) is 4.79 Å². The minimum Gasteiger partial charge on any atom is -0.478 e. The van der Waals surface area contributed by atoms with Crippen LogP contribution in [0.4, 0.5) is 0 Å². The maximum absolute atomic E-state index is 10.3. The third kappa shape index (κ3) is 3.43. The first kappa shape index (κ1) is 11.9. The number of aryl methyl sites for hydroxylation is 1. The lowest BCUT2D eigenvalue weighted by atomic mass is 10.4. The summed E-state index contributed by atoms with van der Waals surface area (Å²) in [5.41, 5.74) is 0. The van der Waals surface area contributed by atoms with Gasteiger partial charge in [0.1, 0.15) is 10.8 Å². The number of rotatable bonds is 4. The first-order valence-corrected chi connectivity index (χ1v) is 6.25. The van der Waals surface area contributed by atoms with E-state index >= 15 is 0 Å². The molecule has 17 heavy (non-hydrogen) atoms. The molecule has 0 aliphatic heterocycles. The van der Waals surface area contributed by atoms with Gasteiger partial charge in [0.05, 0.1) is 0 Å². The minimum atomic E-state index is -1.00. The van der Waals surface area contributed by atoms with Crippen molar-refractivity contribution < 1.29 is 14.3 Å². The SMILES string of the molecule is Cc1nnc(Sc2ccc(/C=C/C(=O)O)o2)s1. The predicted molar refractivity (Wildman–Crippen MR) is 64.1 cm³/mol. The average Bonchev–Trinajstić information content (AvgIpc) is 2.86. The Bertz CT molecular complexity index is 559. The first-order chi connectivity index (χ1) is 8.13. The van der Waals surface area contributed by atoms with E-state index in [1.165, 1.54) is 29.2 Å². The number of aliphatic carboxylic acids is 1. The van der Waals surface area contributed by atoms with E-state index < -0.39 is 5.97 Å². The molecule has 0 radical (unpaired) electrons. The maximum Gasteiger partial charge on any atom is 0.328 e. The fourth-order valence-corrected chi connectivity index (χ4v) is 2.76. The molecule has 1 N–H and O–H groups in total. The summed E-state index contributed by atoms with van der Waals surface area (Å²) in [4.78, 5) is 10.3. The fourth-order valence-electron chi connectivity index (χ4n) is 1.04. The van der Waals surface area contributed by atoms with Gasteiger partial charge in [0.15, 0.2) is 9.43 Å². The van der Waals surface area contributed by atoms with Crippen molar-refractivity contribution in [3.8, 4) is 0 Å². The molecule has 0 unspecified atom stereocenters. The van der Waals surface area contributed by atoms with E-state index in [1.54, 1.807) is 12.1 Å². The van der Waals surface area contributed by atoms with Crippen LogP contribution >= 0.6 is 23.1 Å². The molecule has 0 atom stereocenters. The fraction of sp³-hybridized carbons (Fsp3) is 0.100. The number of carboxylic acids is 1. The van der Waals surface area contributed by atoms with E-state index in [1.807, 2.05) is 6.92 Å². The van der Waals surface area contributed by atoms with Crippen LogP contribution in [-0.4, -0.2) is 21.3 Å². The summed E-state index contributed by atoms with van der Waals surface area (Å²) in [5.74, 6) is -0.508. The Labute approximate surface area is 105 Å². The van der Waals surface area contributed by atoms with Crippen molar-refractivity contribution in [1.82, 2.24) is 10.2 Å². The number of aromatic nitrogens is 2. The number of carbonyl (C=O) groups is 1. The van der Waals surface area contributed by atoms with E-state index in [0.29, 0.717) is 10.9 Å². The van der Waals surface area contributed by atoms with Crippen molar-refractivity contribution in [1.29, 1.82) is 0 Å². The Morgan fingerprint density at radius 1 is 1.53 bits per heavy atom. The standard InChI is InChI=1S/C10H8N2O3S2/c1-6-11-12-10(16-6)17-9-5-3-7(15-9)2-4-8(13)14/h2-5H,1H3,(H,13,14)/b4-2+. The zero-order chi connectivity index (χ0) is 12.3. The van der Waals surface area contributed by atoms with Crippen LogP contribution < -0.4 is 0 Å². The molecule has 0 saturated carbocycles. The van der Waals surface area contributed by atoms with Gasteiger partial charge in [-0.2, -0.15) is 0 Å². The molecular weight excluding hydrogens is 260 g/mol. The Balaban J connectivity index is 2.06. The van der Waals surface area contributed by atoms with E-state index in [0.717, 1.165) is 15.4 Å². The Morgan fingerprint density at radius 2 is 2.35 bits per heavy atom. The van der Waals surface area contributed by atoms with E-state index in [2.05, 4.69) is 10.2 Å². The van der Waals surface area contributed by atoms with E-state index in [9.17, 15) is 4.79 Å². The van der Waals surface area contributed by atoms with Crippen molar-refractivity contribution in [2.45, 2.75) is 16.4 Å². The number of nitrogens with zero attached hydrogens (tertiary/aromatic N) is 2. The molecule has 0 bridgehead atoms. The van der Waals surface area contributed by atoms with Gasteiger partial charge in [-0.15, -0.1) is 10.2 Å². The molecule has 0 amide bonds. The quantitative estimate of drug-likeness (QED) is 0.859. The second kappa shape index (κ2) is 5.15. The number of furan rings is 1. The van der Waals surface area contributed by atoms with Crippen LogP contribution in [0.5, 0.6) is 0 Å². The van der Waals surface area contributed by atoms with E-state index in [4.69, 9.17) is 9.52 Å². The van der Waals surface area contributed by atoms with Crippen LogP contribution in [0.25, 0.3) is 6.08 Å². The molecule has 0 aliphatic rings. The van der Waals surface area contributed by atoms with Gasteiger partial charge in [0.2, 0.25) is 0 Å². The van der Waals surface area contributed by atoms with E-state index in [-0.39, 0.29) is 0 Å². The van der Waals surface area contributed by atoms with Crippen molar-refractivity contribution in [3.05, 3.63) is 29.0 Å². The molecule has 2 heterocycles. The molecule has 0 spiro atoms. The molecule has 2 rings (SSSR count). The average molecular weight is 268 g/mol. The minimum absolute atomic E-state index is 0.496. The zero-order valence-electron chi connectivity index (χ0n) is 8.78. The summed E-state index contributed by atoms with van der Waals surface area (Å²) in [6.07, 6.45) is 2.43. The third-order valence-electron chi connectivity index (χ3n) is 1.69. The van der Waals surface area contributed by atoms with Crippen molar-refractivity contribution in [3.63, 3.8) is 0 Å². The van der Waals surface area contributed by atoms with Gasteiger partial charge in [-0.05, 0) is 36.9 Å². The molecule has 0 aromatic carbocycles. The Kier molecular flexibility index (Phi) is 3.60. The van der Waals surface area contributed by atoms with Gasteiger partial charge < -0.3 is 9.52 Å². The van der Waals surface area contributed by atoms with Gasteiger partial charge in [0.25, 0.3) is 0 Å². The topological polar surface area (TPSA) is 76.2 Å². The molecule has 7 heteroatoms. The van der Waals surface area contributed by atoms with Crippen LogP contribution in [0, 0.1) is 6.92 Å². The van der Waals surface area contributed by atoms with Crippen molar-refractivity contribution >= 4 is 35.1 Å². The molecule has 0 aliphatic carbocycles. The second-order valence-corrected chi connectivity index (χ2v) is 5.45. The molecule has 2 aromatic rings. The summed E-state index contributed by atoms with van der Waals surface area (Å²) < 4.78 is 6.20. The highest BCUT2D eigenvalue weighted by molar-refractivity contribution is 8.00. The Hall–Kier alpha value is -1.60. The summed E-state index contributed by atoms with van der Waals surface area (Å²) in [5, 5.41) is 17.9. The summed E-state index contributed by atoms with van der Waals surface area (Å²) in [6, 6.07) is 3.47. The lowest BCUT2D eigenvalue weighted by Crippen LogP contribution is -1.84.